The van der Waals surface area contributed by atoms with Crippen molar-refractivity contribution in [3.05, 3.63) is 138 Å². The fraction of sp³-hybridized carbons (Fsp3) is 0.489. The summed E-state index contributed by atoms with van der Waals surface area (Å²) in [6.45, 7) is 0.138. The van der Waals surface area contributed by atoms with Crippen LogP contribution in [0.5, 0.6) is 0 Å². The first-order valence-corrected chi connectivity index (χ1v) is 22.2. The van der Waals surface area contributed by atoms with Gasteiger partial charge in [-0.2, -0.15) is 4.31 Å². The van der Waals surface area contributed by atoms with Crippen LogP contribution in [0.4, 0.5) is 0 Å². The maximum Gasteiger partial charge on any atom is 0.243 e. The maximum absolute atomic E-state index is 15.4. The van der Waals surface area contributed by atoms with Gasteiger partial charge in [-0.3, -0.25) is 0 Å². The molecule has 0 unspecified atom stereocenters. The molecule has 1 saturated heterocycles. The molecule has 1 aliphatic heterocycles. The summed E-state index contributed by atoms with van der Waals surface area (Å²) >= 11 is 0. The minimum atomic E-state index is -4.45. The lowest BCUT2D eigenvalue weighted by molar-refractivity contribution is -0.237. The number of hydrogen-bond acceptors (Lipinski definition) is 15. The number of nitrogens with zero attached hydrogens (tertiary/aromatic N) is 1. The molecule has 0 aromatic heterocycles. The van der Waals surface area contributed by atoms with E-state index in [4.69, 9.17) is 61.6 Å². The van der Waals surface area contributed by atoms with E-state index in [0.29, 0.717) is 0 Å². The molecule has 0 spiro atoms. The van der Waals surface area contributed by atoms with E-state index in [9.17, 15) is 0 Å². The van der Waals surface area contributed by atoms with Gasteiger partial charge in [0, 0.05) is 42.7 Å². The predicted octanol–water partition coefficient (Wildman–Crippen LogP) is 5.31. The minimum absolute atomic E-state index is 0.00598. The van der Waals surface area contributed by atoms with E-state index in [1.54, 1.807) is 24.3 Å². The van der Waals surface area contributed by atoms with E-state index >= 15 is 8.42 Å². The van der Waals surface area contributed by atoms with Gasteiger partial charge in [0.05, 0.1) is 30.2 Å². The van der Waals surface area contributed by atoms with Gasteiger partial charge in [0.2, 0.25) is 10.0 Å². The number of methoxy groups -OCH3 is 6. The maximum atomic E-state index is 15.4. The third-order valence-corrected chi connectivity index (χ3v) is 12.6. The van der Waals surface area contributed by atoms with E-state index in [2.05, 4.69) is 0 Å². The van der Waals surface area contributed by atoms with E-state index in [-0.39, 0.29) is 58.9 Å². The van der Waals surface area contributed by atoms with Gasteiger partial charge in [-0.05, 0) is 35.7 Å². The van der Waals surface area contributed by atoms with Gasteiger partial charge >= 0.3 is 0 Å². The van der Waals surface area contributed by atoms with Gasteiger partial charge in [0.15, 0.2) is 0 Å². The molecule has 0 saturated carbocycles. The Morgan fingerprint density at radius 2 is 1.03 bits per heavy atom. The fourth-order valence-corrected chi connectivity index (χ4v) is 9.82. The standard InChI is InChI=1S/C47H63NO15S/c1-35-23-25-39(26-24-35)64(49,50)48-40(27-57-29-51-2)43(59-31-53-4)45(61-33-55-6)42(48)46(62-34-56-7)44(60-32-54-5)41(58-30-52-3)28-63-47(36-17-11-8-12-18-36,37-19-13-9-14-20-37)38-21-15-10-16-22-38/h8-26,40-46H,27-34H2,1-7H3/t40-,41-,42-,43-,44+,45-,46-/m0/s1. The molecule has 64 heavy (non-hydrogen) atoms. The zero-order valence-electron chi connectivity index (χ0n) is 37.6. The Morgan fingerprint density at radius 3 is 1.53 bits per heavy atom. The summed E-state index contributed by atoms with van der Waals surface area (Å²) in [7, 11) is 4.37. The monoisotopic (exact) mass is 913 g/mol. The van der Waals surface area contributed by atoms with Crippen LogP contribution in [0.3, 0.4) is 0 Å². The summed E-state index contributed by atoms with van der Waals surface area (Å²) in [5.74, 6) is 0. The van der Waals surface area contributed by atoms with Crippen LogP contribution < -0.4 is 0 Å². The lowest BCUT2D eigenvalue weighted by atomic mass is 9.80. The van der Waals surface area contributed by atoms with Gasteiger partial charge in [0.1, 0.15) is 76.9 Å². The summed E-state index contributed by atoms with van der Waals surface area (Å²) in [4.78, 5) is 0.00598. The largest absolute Gasteiger partial charge is 0.359 e. The van der Waals surface area contributed by atoms with Gasteiger partial charge in [-0.1, -0.05) is 109 Å². The first kappa shape index (κ1) is 51.3. The molecule has 5 rings (SSSR count). The van der Waals surface area contributed by atoms with E-state index in [1.165, 1.54) is 47.0 Å². The highest BCUT2D eigenvalue weighted by atomic mass is 32.2. The summed E-state index contributed by atoms with van der Waals surface area (Å²) < 4.78 is 110. The Kier molecular flexibility index (Phi) is 21.2. The summed E-state index contributed by atoms with van der Waals surface area (Å²) in [6.07, 6.45) is -5.65. The number of rotatable bonds is 30. The highest BCUT2D eigenvalue weighted by Gasteiger charge is 2.61. The van der Waals surface area contributed by atoms with Crippen LogP contribution in [-0.2, 0) is 77.2 Å². The zero-order valence-corrected chi connectivity index (χ0v) is 38.5. The molecule has 4 aromatic carbocycles. The fourth-order valence-electron chi connectivity index (χ4n) is 8.00. The first-order valence-electron chi connectivity index (χ1n) is 20.7. The quantitative estimate of drug-likeness (QED) is 0.0377. The Morgan fingerprint density at radius 1 is 0.562 bits per heavy atom. The van der Waals surface area contributed by atoms with Crippen molar-refractivity contribution in [3.63, 3.8) is 0 Å². The van der Waals surface area contributed by atoms with Crippen molar-refractivity contribution in [2.45, 2.75) is 60.0 Å². The first-order chi connectivity index (χ1) is 31.2. The highest BCUT2D eigenvalue weighted by Crippen LogP contribution is 2.43. The van der Waals surface area contributed by atoms with E-state index < -0.39 is 58.2 Å². The van der Waals surface area contributed by atoms with E-state index in [0.717, 1.165) is 22.3 Å². The van der Waals surface area contributed by atoms with Crippen molar-refractivity contribution in [3.8, 4) is 0 Å². The summed E-state index contributed by atoms with van der Waals surface area (Å²) in [5, 5.41) is 0. The number of aryl methyl sites for hydroxylation is 1. The van der Waals surface area contributed by atoms with Crippen LogP contribution in [-0.4, -0.2) is 152 Å². The van der Waals surface area contributed by atoms with Crippen LogP contribution >= 0.6 is 0 Å². The average molecular weight is 914 g/mol. The predicted molar refractivity (Wildman–Crippen MR) is 235 cm³/mol. The summed E-state index contributed by atoms with van der Waals surface area (Å²) in [6, 6.07) is 33.8. The van der Waals surface area contributed by atoms with Gasteiger partial charge in [-0.15, -0.1) is 0 Å². The Balaban J connectivity index is 1.74. The van der Waals surface area contributed by atoms with Crippen molar-refractivity contribution >= 4 is 10.0 Å². The zero-order chi connectivity index (χ0) is 45.8. The second-order valence-corrected chi connectivity index (χ2v) is 16.7. The van der Waals surface area contributed by atoms with Crippen molar-refractivity contribution in [1.29, 1.82) is 0 Å². The van der Waals surface area contributed by atoms with Crippen LogP contribution in [0, 0.1) is 6.92 Å². The van der Waals surface area contributed by atoms with Crippen LogP contribution in [0.2, 0.25) is 0 Å². The number of sulfonamides is 1. The molecule has 1 heterocycles. The van der Waals surface area contributed by atoms with Crippen molar-refractivity contribution in [1.82, 2.24) is 4.31 Å². The topological polar surface area (TPSA) is 157 Å². The Hall–Kier alpha value is -3.73. The molecule has 0 aliphatic carbocycles. The molecule has 4 aromatic rings. The van der Waals surface area contributed by atoms with Gasteiger partial charge in [0.25, 0.3) is 0 Å². The molecule has 7 atom stereocenters. The molecule has 1 fully saturated rings. The molecule has 1 aliphatic rings. The smallest absolute Gasteiger partial charge is 0.243 e. The molecule has 352 valence electrons. The normalized spacial score (nSPS) is 19.7. The third-order valence-electron chi connectivity index (χ3n) is 10.7. The minimum Gasteiger partial charge on any atom is -0.359 e. The Labute approximate surface area is 377 Å². The van der Waals surface area contributed by atoms with Crippen molar-refractivity contribution in [2.75, 3.05) is 96.6 Å². The third kappa shape index (κ3) is 12.6. The molecule has 0 radical (unpaired) electrons. The van der Waals surface area contributed by atoms with Crippen molar-refractivity contribution in [2.24, 2.45) is 0 Å². The molecule has 0 amide bonds. The average Bonchev–Trinajstić information content (AvgIpc) is 3.63. The molecule has 16 nitrogen and oxygen atoms in total. The summed E-state index contributed by atoms with van der Waals surface area (Å²) in [5.41, 5.74) is 2.21. The second-order valence-electron chi connectivity index (χ2n) is 14.8. The highest BCUT2D eigenvalue weighted by molar-refractivity contribution is 7.89. The van der Waals surface area contributed by atoms with Crippen molar-refractivity contribution < 1.29 is 70.0 Å². The number of benzene rings is 4. The molecular weight excluding hydrogens is 851 g/mol. The lowest BCUT2D eigenvalue weighted by Gasteiger charge is -2.42. The van der Waals surface area contributed by atoms with Crippen LogP contribution in [0.15, 0.2) is 120 Å². The molecule has 0 N–H and O–H groups in total. The molecule has 0 bridgehead atoms. The second kappa shape index (κ2) is 26.4. The lowest BCUT2D eigenvalue weighted by Crippen LogP contribution is -2.59. The van der Waals surface area contributed by atoms with E-state index in [1.807, 2.05) is 97.9 Å². The number of hydrogen-bond donors (Lipinski definition) is 0. The van der Waals surface area contributed by atoms with Gasteiger partial charge in [-0.25, -0.2) is 8.42 Å². The van der Waals surface area contributed by atoms with Crippen LogP contribution in [0.1, 0.15) is 22.3 Å². The van der Waals surface area contributed by atoms with Gasteiger partial charge < -0.3 is 61.6 Å². The number of ether oxygens (including phenoxy) is 13. The SMILES string of the molecule is COCOC[C@H]1[C@H](OCOC)[C@@H](OCOC)[C@@H]([C@H](OCOC)[C@H](OCOC)[C@H](COC(c2ccccc2)(c2ccccc2)c2ccccc2)OCOC)N1S(=O)(=O)c1ccc(C)cc1. The van der Waals surface area contributed by atoms with Crippen LogP contribution in [0.25, 0.3) is 0 Å². The molecule has 17 heteroatoms. The Bertz CT molecular complexity index is 1890. The molecular formula is C47H63NO15S.